The lowest BCUT2D eigenvalue weighted by molar-refractivity contribution is 1.18. The maximum Gasteiger partial charge on any atom is 0.163 e. The van der Waals surface area contributed by atoms with Crippen LogP contribution in [0.4, 0.5) is 5.82 Å². The molecule has 2 heterocycles. The molecule has 0 fully saturated rings. The SMILES string of the molecule is Nc1ccnc(-c2ccc(Br)c3cccnc23)n1. The van der Waals surface area contributed by atoms with Crippen LogP contribution in [-0.2, 0) is 0 Å². The largest absolute Gasteiger partial charge is 0.384 e. The van der Waals surface area contributed by atoms with Crippen LogP contribution >= 0.6 is 15.9 Å². The number of pyridine rings is 1. The van der Waals surface area contributed by atoms with Crippen molar-refractivity contribution in [3.8, 4) is 11.4 Å². The molecular formula is C13H9BrN4. The topological polar surface area (TPSA) is 64.7 Å². The molecule has 0 atom stereocenters. The molecule has 5 heteroatoms. The van der Waals surface area contributed by atoms with Gasteiger partial charge in [-0.15, -0.1) is 0 Å². The fourth-order valence-corrected chi connectivity index (χ4v) is 2.27. The Kier molecular flexibility index (Phi) is 2.68. The summed E-state index contributed by atoms with van der Waals surface area (Å²) in [5.74, 6) is 1.04. The Hall–Kier alpha value is -2.01. The molecule has 0 saturated carbocycles. The molecule has 0 bridgehead atoms. The van der Waals surface area contributed by atoms with Crippen molar-refractivity contribution < 1.29 is 0 Å². The molecule has 3 aromatic rings. The minimum atomic E-state index is 0.451. The van der Waals surface area contributed by atoms with Gasteiger partial charge in [0, 0.05) is 27.8 Å². The third-order valence-electron chi connectivity index (χ3n) is 2.63. The number of aromatic nitrogens is 3. The minimum Gasteiger partial charge on any atom is -0.384 e. The Labute approximate surface area is 112 Å². The lowest BCUT2D eigenvalue weighted by Crippen LogP contribution is -1.95. The third kappa shape index (κ3) is 1.82. The van der Waals surface area contributed by atoms with Gasteiger partial charge in [0.25, 0.3) is 0 Å². The van der Waals surface area contributed by atoms with Gasteiger partial charge in [-0.1, -0.05) is 22.0 Å². The highest BCUT2D eigenvalue weighted by Gasteiger charge is 2.09. The molecule has 1 aromatic carbocycles. The average Bonchev–Trinajstić information content (AvgIpc) is 2.39. The van der Waals surface area contributed by atoms with Crippen LogP contribution in [-0.4, -0.2) is 15.0 Å². The van der Waals surface area contributed by atoms with E-state index in [2.05, 4.69) is 30.9 Å². The summed E-state index contributed by atoms with van der Waals surface area (Å²) in [6.45, 7) is 0. The first kappa shape index (κ1) is 11.1. The van der Waals surface area contributed by atoms with Gasteiger partial charge in [-0.3, -0.25) is 4.98 Å². The second-order valence-corrected chi connectivity index (χ2v) is 4.65. The van der Waals surface area contributed by atoms with E-state index in [1.807, 2.05) is 24.3 Å². The molecule has 0 aliphatic rings. The van der Waals surface area contributed by atoms with Crippen LogP contribution in [0.1, 0.15) is 0 Å². The molecule has 0 amide bonds. The summed E-state index contributed by atoms with van der Waals surface area (Å²) in [4.78, 5) is 12.9. The van der Waals surface area contributed by atoms with Crippen molar-refractivity contribution in [3.63, 3.8) is 0 Å². The molecule has 0 saturated heterocycles. The van der Waals surface area contributed by atoms with E-state index in [-0.39, 0.29) is 0 Å². The summed E-state index contributed by atoms with van der Waals surface area (Å²) in [7, 11) is 0. The first-order chi connectivity index (χ1) is 8.75. The number of hydrogen-bond acceptors (Lipinski definition) is 4. The number of nitrogens with two attached hydrogens (primary N) is 1. The van der Waals surface area contributed by atoms with Gasteiger partial charge in [-0.25, -0.2) is 9.97 Å². The van der Waals surface area contributed by atoms with Gasteiger partial charge in [0.1, 0.15) is 5.82 Å². The van der Waals surface area contributed by atoms with E-state index in [0.717, 1.165) is 20.9 Å². The number of fused-ring (bicyclic) bond motifs is 1. The summed E-state index contributed by atoms with van der Waals surface area (Å²) < 4.78 is 0.998. The fourth-order valence-electron chi connectivity index (χ4n) is 1.82. The predicted octanol–water partition coefficient (Wildman–Crippen LogP) is 3.04. The van der Waals surface area contributed by atoms with Crippen molar-refractivity contribution in [2.75, 3.05) is 5.73 Å². The Morgan fingerprint density at radius 2 is 1.89 bits per heavy atom. The van der Waals surface area contributed by atoms with Crippen LogP contribution < -0.4 is 5.73 Å². The highest BCUT2D eigenvalue weighted by molar-refractivity contribution is 9.10. The molecule has 2 N–H and O–H groups in total. The summed E-state index contributed by atoms with van der Waals surface area (Å²) >= 11 is 3.51. The molecule has 4 nitrogen and oxygen atoms in total. The van der Waals surface area contributed by atoms with Gasteiger partial charge in [-0.05, 0) is 24.3 Å². The minimum absolute atomic E-state index is 0.451. The summed E-state index contributed by atoms with van der Waals surface area (Å²) in [5.41, 5.74) is 7.42. The van der Waals surface area contributed by atoms with Gasteiger partial charge >= 0.3 is 0 Å². The normalized spacial score (nSPS) is 10.7. The monoisotopic (exact) mass is 300 g/mol. The molecule has 3 rings (SSSR count). The van der Waals surface area contributed by atoms with Crippen LogP contribution in [0.5, 0.6) is 0 Å². The van der Waals surface area contributed by atoms with E-state index in [1.54, 1.807) is 18.5 Å². The van der Waals surface area contributed by atoms with E-state index in [9.17, 15) is 0 Å². The zero-order valence-corrected chi connectivity index (χ0v) is 10.9. The van der Waals surface area contributed by atoms with Crippen molar-refractivity contribution in [3.05, 3.63) is 47.2 Å². The Balaban J connectivity index is 2.33. The van der Waals surface area contributed by atoms with Gasteiger partial charge in [0.15, 0.2) is 5.82 Å². The van der Waals surface area contributed by atoms with Crippen LogP contribution in [0.2, 0.25) is 0 Å². The van der Waals surface area contributed by atoms with Crippen LogP contribution in [0.15, 0.2) is 47.2 Å². The van der Waals surface area contributed by atoms with Gasteiger partial charge in [-0.2, -0.15) is 0 Å². The van der Waals surface area contributed by atoms with Crippen LogP contribution in [0, 0.1) is 0 Å². The van der Waals surface area contributed by atoms with E-state index in [1.165, 1.54) is 0 Å². The molecule has 0 aliphatic heterocycles. The number of rotatable bonds is 1. The van der Waals surface area contributed by atoms with E-state index < -0.39 is 0 Å². The van der Waals surface area contributed by atoms with Crippen molar-refractivity contribution in [1.29, 1.82) is 0 Å². The van der Waals surface area contributed by atoms with Crippen molar-refractivity contribution >= 4 is 32.7 Å². The lowest BCUT2D eigenvalue weighted by Gasteiger charge is -2.06. The maximum atomic E-state index is 5.69. The standard InChI is InChI=1S/C13H9BrN4/c14-10-4-3-9(12-8(10)2-1-6-16-12)13-17-7-5-11(15)18-13/h1-7H,(H2,15,17,18). The molecule has 18 heavy (non-hydrogen) atoms. The first-order valence-electron chi connectivity index (χ1n) is 5.38. The van der Waals surface area contributed by atoms with E-state index in [4.69, 9.17) is 5.73 Å². The Morgan fingerprint density at radius 3 is 2.72 bits per heavy atom. The highest BCUT2D eigenvalue weighted by Crippen LogP contribution is 2.30. The fraction of sp³-hybridized carbons (Fsp3) is 0. The number of benzene rings is 1. The number of nitrogen functional groups attached to an aromatic ring is 1. The zero-order valence-electron chi connectivity index (χ0n) is 9.34. The quantitative estimate of drug-likeness (QED) is 0.750. The summed E-state index contributed by atoms with van der Waals surface area (Å²) in [5, 5.41) is 1.03. The number of nitrogens with zero attached hydrogens (tertiary/aromatic N) is 3. The Bertz CT molecular complexity index is 727. The molecule has 2 aromatic heterocycles. The van der Waals surface area contributed by atoms with Crippen molar-refractivity contribution in [2.45, 2.75) is 0 Å². The average molecular weight is 301 g/mol. The van der Waals surface area contributed by atoms with Crippen LogP contribution in [0.3, 0.4) is 0 Å². The number of hydrogen-bond donors (Lipinski definition) is 1. The van der Waals surface area contributed by atoms with Crippen molar-refractivity contribution in [1.82, 2.24) is 15.0 Å². The zero-order chi connectivity index (χ0) is 12.5. The molecule has 0 radical (unpaired) electrons. The first-order valence-corrected chi connectivity index (χ1v) is 6.17. The molecule has 0 unspecified atom stereocenters. The van der Waals surface area contributed by atoms with E-state index in [0.29, 0.717) is 11.6 Å². The second-order valence-electron chi connectivity index (χ2n) is 3.80. The van der Waals surface area contributed by atoms with Crippen molar-refractivity contribution in [2.24, 2.45) is 0 Å². The smallest absolute Gasteiger partial charge is 0.163 e. The van der Waals surface area contributed by atoms with Crippen LogP contribution in [0.25, 0.3) is 22.3 Å². The van der Waals surface area contributed by atoms with Gasteiger partial charge in [0.05, 0.1) is 5.52 Å². The molecule has 0 aliphatic carbocycles. The van der Waals surface area contributed by atoms with Gasteiger partial charge in [0.2, 0.25) is 0 Å². The lowest BCUT2D eigenvalue weighted by atomic mass is 10.1. The summed E-state index contributed by atoms with van der Waals surface area (Å²) in [6, 6.07) is 9.47. The highest BCUT2D eigenvalue weighted by atomic mass is 79.9. The van der Waals surface area contributed by atoms with E-state index >= 15 is 0 Å². The number of halogens is 1. The Morgan fingerprint density at radius 1 is 1.00 bits per heavy atom. The third-order valence-corrected chi connectivity index (χ3v) is 3.33. The van der Waals surface area contributed by atoms with Gasteiger partial charge < -0.3 is 5.73 Å². The predicted molar refractivity (Wildman–Crippen MR) is 74.9 cm³/mol. The molecular weight excluding hydrogens is 292 g/mol. The molecule has 0 spiro atoms. The second kappa shape index (κ2) is 4.34. The maximum absolute atomic E-state index is 5.69. The summed E-state index contributed by atoms with van der Waals surface area (Å²) in [6.07, 6.45) is 3.40. The number of anilines is 1. The molecule has 88 valence electrons.